The van der Waals surface area contributed by atoms with Crippen molar-refractivity contribution in [1.82, 2.24) is 4.72 Å². The molecule has 1 aliphatic rings. The van der Waals surface area contributed by atoms with Gasteiger partial charge in [0.15, 0.2) is 0 Å². The Morgan fingerprint density at radius 1 is 1.19 bits per heavy atom. The second kappa shape index (κ2) is 8.39. The number of hydrogen-bond donors (Lipinski definition) is 3. The molecule has 0 amide bonds. The molecule has 1 aromatic rings. The first kappa shape index (κ1) is 23.1. The molecule has 1 aliphatic carbocycles. The van der Waals surface area contributed by atoms with Crippen molar-refractivity contribution in [2.75, 3.05) is 11.3 Å². The minimum atomic E-state index is -3.96. The molecule has 0 spiro atoms. The van der Waals surface area contributed by atoms with Gasteiger partial charge in [-0.05, 0) is 44.9 Å². The van der Waals surface area contributed by atoms with Crippen LogP contribution in [0.1, 0.15) is 39.5 Å². The lowest BCUT2D eigenvalue weighted by atomic mass is 10.0. The van der Waals surface area contributed by atoms with Gasteiger partial charge in [-0.15, -0.1) is 12.4 Å². The Morgan fingerprint density at radius 2 is 1.77 bits per heavy atom. The predicted octanol–water partition coefficient (Wildman–Crippen LogP) is 1.95. The average molecular weight is 430 g/mol. The maximum absolute atomic E-state index is 14.2. The van der Waals surface area contributed by atoms with E-state index in [0.29, 0.717) is 12.8 Å². The summed E-state index contributed by atoms with van der Waals surface area (Å²) in [6.07, 6.45) is 3.03. The van der Waals surface area contributed by atoms with Crippen LogP contribution in [-0.4, -0.2) is 34.2 Å². The zero-order chi connectivity index (χ0) is 18.9. The third-order valence-corrected chi connectivity index (χ3v) is 7.75. The van der Waals surface area contributed by atoms with Gasteiger partial charge in [0.05, 0.1) is 15.8 Å². The first-order valence-electron chi connectivity index (χ1n) is 8.07. The van der Waals surface area contributed by atoms with Crippen molar-refractivity contribution in [3.63, 3.8) is 0 Å². The lowest BCUT2D eigenvalue weighted by Crippen LogP contribution is -2.51. The summed E-state index contributed by atoms with van der Waals surface area (Å²) in [4.78, 5) is -0.266. The molecular formula is C15H25ClFN3O4S2. The SMILES string of the molecule is CC(C)S(=O)(=O)Nc1ccc(S(=O)(=O)NC2(CN)CCCC2)cc1F.Cl. The van der Waals surface area contributed by atoms with E-state index in [1.54, 1.807) is 0 Å². The summed E-state index contributed by atoms with van der Waals surface area (Å²) >= 11 is 0. The Bertz CT molecular complexity index is 838. The van der Waals surface area contributed by atoms with E-state index in [4.69, 9.17) is 5.73 Å². The highest BCUT2D eigenvalue weighted by molar-refractivity contribution is 7.93. The molecule has 0 unspecified atom stereocenters. The molecular weight excluding hydrogens is 405 g/mol. The molecule has 0 bridgehead atoms. The van der Waals surface area contributed by atoms with Crippen LogP contribution >= 0.6 is 12.4 Å². The van der Waals surface area contributed by atoms with Crippen LogP contribution in [0.15, 0.2) is 23.1 Å². The number of nitrogens with two attached hydrogens (primary N) is 1. The number of halogens is 2. The molecule has 11 heteroatoms. The number of sulfonamides is 2. The Balaban J connectivity index is 0.00000338. The van der Waals surface area contributed by atoms with Crippen molar-refractivity contribution in [1.29, 1.82) is 0 Å². The van der Waals surface area contributed by atoms with E-state index in [2.05, 4.69) is 9.44 Å². The molecule has 26 heavy (non-hydrogen) atoms. The van der Waals surface area contributed by atoms with Crippen LogP contribution in [0.3, 0.4) is 0 Å². The van der Waals surface area contributed by atoms with Crippen molar-refractivity contribution >= 4 is 38.1 Å². The number of anilines is 1. The molecule has 0 radical (unpaired) electrons. The van der Waals surface area contributed by atoms with Crippen LogP contribution in [0, 0.1) is 5.82 Å². The largest absolute Gasteiger partial charge is 0.329 e. The predicted molar refractivity (Wildman–Crippen MR) is 102 cm³/mol. The Labute approximate surface area is 160 Å². The molecule has 0 aromatic heterocycles. The maximum atomic E-state index is 14.2. The van der Waals surface area contributed by atoms with Crippen LogP contribution < -0.4 is 15.2 Å². The molecule has 1 fully saturated rings. The van der Waals surface area contributed by atoms with Crippen LogP contribution in [-0.2, 0) is 20.0 Å². The molecule has 7 nitrogen and oxygen atoms in total. The summed E-state index contributed by atoms with van der Waals surface area (Å²) in [6.45, 7) is 3.08. The van der Waals surface area contributed by atoms with E-state index in [-0.39, 0.29) is 29.5 Å². The van der Waals surface area contributed by atoms with Gasteiger partial charge in [0.2, 0.25) is 20.0 Å². The summed E-state index contributed by atoms with van der Waals surface area (Å²) in [7, 11) is -7.69. The Hall–Kier alpha value is -0.940. The molecule has 150 valence electrons. The summed E-state index contributed by atoms with van der Waals surface area (Å²) in [5, 5.41) is -0.747. The quantitative estimate of drug-likeness (QED) is 0.612. The monoisotopic (exact) mass is 429 g/mol. The standard InChI is InChI=1S/C15H24FN3O4S2.ClH/c1-11(2)24(20,21)18-14-6-5-12(9-13(14)16)25(22,23)19-15(10-17)7-3-4-8-15;/h5-6,9,11,18-19H,3-4,7-8,10,17H2,1-2H3;1H. The van der Waals surface area contributed by atoms with Gasteiger partial charge < -0.3 is 5.73 Å². The van der Waals surface area contributed by atoms with Gasteiger partial charge in [-0.3, -0.25) is 4.72 Å². The van der Waals surface area contributed by atoms with Gasteiger partial charge in [-0.2, -0.15) is 0 Å². The van der Waals surface area contributed by atoms with E-state index < -0.39 is 36.7 Å². The summed E-state index contributed by atoms with van der Waals surface area (Å²) in [5.41, 5.74) is 4.74. The Morgan fingerprint density at radius 3 is 2.23 bits per heavy atom. The van der Waals surface area contributed by atoms with Crippen LogP contribution in [0.2, 0.25) is 0 Å². The van der Waals surface area contributed by atoms with E-state index in [9.17, 15) is 21.2 Å². The van der Waals surface area contributed by atoms with Gasteiger partial charge >= 0.3 is 0 Å². The lowest BCUT2D eigenvalue weighted by Gasteiger charge is -2.28. The van der Waals surface area contributed by atoms with Gasteiger partial charge in [0, 0.05) is 12.1 Å². The average Bonchev–Trinajstić information content (AvgIpc) is 2.97. The van der Waals surface area contributed by atoms with Crippen molar-refractivity contribution in [3.8, 4) is 0 Å². The summed E-state index contributed by atoms with van der Waals surface area (Å²) in [5.74, 6) is -0.958. The third-order valence-electron chi connectivity index (χ3n) is 4.43. The van der Waals surface area contributed by atoms with Gasteiger partial charge in [-0.25, -0.2) is 25.9 Å². The van der Waals surface area contributed by atoms with Crippen LogP contribution in [0.25, 0.3) is 0 Å². The first-order valence-corrected chi connectivity index (χ1v) is 11.1. The first-order chi connectivity index (χ1) is 11.5. The minimum Gasteiger partial charge on any atom is -0.329 e. The van der Waals surface area contributed by atoms with Crippen molar-refractivity contribution in [2.24, 2.45) is 5.73 Å². The molecule has 1 saturated carbocycles. The van der Waals surface area contributed by atoms with Crippen LogP contribution in [0.4, 0.5) is 10.1 Å². The second-order valence-corrected chi connectivity index (χ2v) is 10.6. The smallest absolute Gasteiger partial charge is 0.241 e. The summed E-state index contributed by atoms with van der Waals surface area (Å²) < 4.78 is 67.6. The molecule has 0 saturated heterocycles. The molecule has 1 aromatic carbocycles. The minimum absolute atomic E-state index is 0. The lowest BCUT2D eigenvalue weighted by molar-refractivity contribution is 0.399. The Kier molecular flexibility index (Phi) is 7.45. The van der Waals surface area contributed by atoms with E-state index in [1.165, 1.54) is 19.9 Å². The highest BCUT2D eigenvalue weighted by atomic mass is 35.5. The molecule has 2 rings (SSSR count). The molecule has 0 aliphatic heterocycles. The fourth-order valence-corrected chi connectivity index (χ4v) is 4.95. The topological polar surface area (TPSA) is 118 Å². The van der Waals surface area contributed by atoms with Crippen molar-refractivity contribution < 1.29 is 21.2 Å². The molecule has 4 N–H and O–H groups in total. The fourth-order valence-electron chi connectivity index (χ4n) is 2.76. The van der Waals surface area contributed by atoms with E-state index >= 15 is 0 Å². The highest BCUT2D eigenvalue weighted by Crippen LogP contribution is 2.31. The van der Waals surface area contributed by atoms with Gasteiger partial charge in [0.25, 0.3) is 0 Å². The number of rotatable bonds is 7. The second-order valence-electron chi connectivity index (χ2n) is 6.63. The fraction of sp³-hybridized carbons (Fsp3) is 0.600. The zero-order valence-electron chi connectivity index (χ0n) is 14.7. The normalized spacial score (nSPS) is 17.1. The van der Waals surface area contributed by atoms with Crippen LogP contribution in [0.5, 0.6) is 0 Å². The maximum Gasteiger partial charge on any atom is 0.241 e. The number of nitrogens with one attached hydrogen (secondary N) is 2. The van der Waals surface area contributed by atoms with Gasteiger partial charge in [-0.1, -0.05) is 12.8 Å². The highest BCUT2D eigenvalue weighted by Gasteiger charge is 2.37. The van der Waals surface area contributed by atoms with E-state index in [0.717, 1.165) is 25.0 Å². The van der Waals surface area contributed by atoms with E-state index in [1.807, 2.05) is 0 Å². The zero-order valence-corrected chi connectivity index (χ0v) is 17.1. The molecule has 0 heterocycles. The van der Waals surface area contributed by atoms with Gasteiger partial charge in [0.1, 0.15) is 5.82 Å². The third kappa shape index (κ3) is 5.07. The number of benzene rings is 1. The number of hydrogen-bond acceptors (Lipinski definition) is 5. The van der Waals surface area contributed by atoms with Crippen molar-refractivity contribution in [3.05, 3.63) is 24.0 Å². The summed E-state index contributed by atoms with van der Waals surface area (Å²) in [6, 6.07) is 3.08. The van der Waals surface area contributed by atoms with Crippen molar-refractivity contribution in [2.45, 2.75) is 55.2 Å². The molecule has 0 atom stereocenters.